The summed E-state index contributed by atoms with van der Waals surface area (Å²) in [4.78, 5) is 16.9. The van der Waals surface area contributed by atoms with Crippen molar-refractivity contribution in [3.05, 3.63) is 39.8 Å². The number of carbonyl (C=O) groups is 1. The summed E-state index contributed by atoms with van der Waals surface area (Å²) in [5.41, 5.74) is 10.6. The molecule has 22 heavy (non-hydrogen) atoms. The minimum Gasteiger partial charge on any atom is -0.444 e. The van der Waals surface area contributed by atoms with Gasteiger partial charge in [-0.2, -0.15) is 0 Å². The highest BCUT2D eigenvalue weighted by Crippen LogP contribution is 2.35. The molecular formula is C16H22N4O2. The van der Waals surface area contributed by atoms with Crippen molar-refractivity contribution >= 4 is 11.8 Å². The van der Waals surface area contributed by atoms with Crippen LogP contribution in [-0.4, -0.2) is 23.1 Å². The lowest BCUT2D eigenvalue weighted by Crippen LogP contribution is -2.46. The molecule has 1 aromatic carbocycles. The Labute approximate surface area is 130 Å². The van der Waals surface area contributed by atoms with Gasteiger partial charge < -0.3 is 9.64 Å². The fourth-order valence-electron chi connectivity index (χ4n) is 2.76. The SMILES string of the molecule is CC(C)(C)OC(=O)N1Cc2cc(N=[N+]=[N-])ccc2C(C)(C)C1. The first kappa shape index (κ1) is 16.2. The molecule has 1 aromatic rings. The summed E-state index contributed by atoms with van der Waals surface area (Å²) in [6.45, 7) is 10.8. The number of hydrogen-bond acceptors (Lipinski definition) is 3. The van der Waals surface area contributed by atoms with Gasteiger partial charge in [0.1, 0.15) is 5.60 Å². The second-order valence-corrected chi connectivity index (χ2v) is 7.25. The summed E-state index contributed by atoms with van der Waals surface area (Å²) < 4.78 is 5.47. The molecule has 0 unspecified atom stereocenters. The number of azide groups is 1. The maximum absolute atomic E-state index is 12.3. The van der Waals surface area contributed by atoms with Crippen molar-refractivity contribution in [2.75, 3.05) is 6.54 Å². The third-order valence-corrected chi connectivity index (χ3v) is 3.58. The predicted octanol–water partition coefficient (Wildman–Crippen LogP) is 4.66. The molecule has 0 saturated heterocycles. The summed E-state index contributed by atoms with van der Waals surface area (Å²) in [5.74, 6) is 0. The number of carbonyl (C=O) groups excluding carboxylic acids is 1. The van der Waals surface area contributed by atoms with Gasteiger partial charge in [-0.3, -0.25) is 0 Å². The Hall–Kier alpha value is -2.20. The van der Waals surface area contributed by atoms with Gasteiger partial charge in [-0.05, 0) is 43.5 Å². The van der Waals surface area contributed by atoms with Crippen LogP contribution >= 0.6 is 0 Å². The lowest BCUT2D eigenvalue weighted by atomic mass is 9.78. The van der Waals surface area contributed by atoms with E-state index < -0.39 is 5.60 Å². The van der Waals surface area contributed by atoms with Crippen LogP contribution in [0.1, 0.15) is 45.7 Å². The van der Waals surface area contributed by atoms with Gasteiger partial charge in [-0.1, -0.05) is 31.1 Å². The number of fused-ring (bicyclic) bond motifs is 1. The van der Waals surface area contributed by atoms with E-state index in [2.05, 4.69) is 23.9 Å². The van der Waals surface area contributed by atoms with E-state index in [-0.39, 0.29) is 11.5 Å². The molecule has 0 spiro atoms. The molecule has 0 bridgehead atoms. The van der Waals surface area contributed by atoms with Crippen molar-refractivity contribution in [2.45, 2.75) is 52.2 Å². The number of rotatable bonds is 1. The van der Waals surface area contributed by atoms with Crippen molar-refractivity contribution in [1.29, 1.82) is 0 Å². The zero-order valence-corrected chi connectivity index (χ0v) is 13.8. The first-order valence-electron chi connectivity index (χ1n) is 7.29. The standard InChI is InChI=1S/C16H22N4O2/c1-15(2,3)22-14(21)20-9-11-8-12(18-19-17)6-7-13(11)16(4,5)10-20/h6-8H,9-10H2,1-5H3. The Morgan fingerprint density at radius 2 is 2.09 bits per heavy atom. The molecule has 118 valence electrons. The maximum atomic E-state index is 12.3. The molecular weight excluding hydrogens is 280 g/mol. The quantitative estimate of drug-likeness (QED) is 0.429. The highest BCUT2D eigenvalue weighted by Gasteiger charge is 2.35. The average Bonchev–Trinajstić information content (AvgIpc) is 2.35. The zero-order chi connectivity index (χ0) is 16.5. The summed E-state index contributed by atoms with van der Waals surface area (Å²) in [7, 11) is 0. The number of amides is 1. The Kier molecular flexibility index (Phi) is 4.07. The van der Waals surface area contributed by atoms with Gasteiger partial charge in [0.2, 0.25) is 0 Å². The van der Waals surface area contributed by atoms with Gasteiger partial charge in [0.05, 0.1) is 0 Å². The Bertz CT molecular complexity index is 640. The molecule has 0 atom stereocenters. The molecule has 0 N–H and O–H groups in total. The molecule has 0 radical (unpaired) electrons. The van der Waals surface area contributed by atoms with Crippen LogP contribution in [-0.2, 0) is 16.7 Å². The minimum atomic E-state index is -0.519. The van der Waals surface area contributed by atoms with Crippen molar-refractivity contribution in [1.82, 2.24) is 4.90 Å². The smallest absolute Gasteiger partial charge is 0.410 e. The molecule has 6 heteroatoms. The third-order valence-electron chi connectivity index (χ3n) is 3.58. The van der Waals surface area contributed by atoms with Crippen LogP contribution in [0.3, 0.4) is 0 Å². The minimum absolute atomic E-state index is 0.181. The fourth-order valence-corrected chi connectivity index (χ4v) is 2.76. The molecule has 1 heterocycles. The molecule has 0 fully saturated rings. The van der Waals surface area contributed by atoms with Crippen LogP contribution in [0.4, 0.5) is 10.5 Å². The van der Waals surface area contributed by atoms with Gasteiger partial charge in [0, 0.05) is 29.1 Å². The first-order valence-corrected chi connectivity index (χ1v) is 7.29. The van der Waals surface area contributed by atoms with E-state index in [1.54, 1.807) is 4.90 Å². The van der Waals surface area contributed by atoms with Crippen LogP contribution in [0.25, 0.3) is 10.4 Å². The van der Waals surface area contributed by atoms with Gasteiger partial charge in [-0.25, -0.2) is 4.79 Å². The van der Waals surface area contributed by atoms with E-state index in [9.17, 15) is 4.79 Å². The third kappa shape index (κ3) is 3.52. The van der Waals surface area contributed by atoms with Crippen molar-refractivity contribution < 1.29 is 9.53 Å². The lowest BCUT2D eigenvalue weighted by molar-refractivity contribution is 0.0174. The highest BCUT2D eigenvalue weighted by molar-refractivity contribution is 5.69. The maximum Gasteiger partial charge on any atom is 0.410 e. The number of ether oxygens (including phenoxy) is 1. The van der Waals surface area contributed by atoms with Crippen LogP contribution in [0.5, 0.6) is 0 Å². The van der Waals surface area contributed by atoms with Crippen LogP contribution in [0.2, 0.25) is 0 Å². The van der Waals surface area contributed by atoms with E-state index in [1.807, 2.05) is 39.0 Å². The second-order valence-electron chi connectivity index (χ2n) is 7.25. The average molecular weight is 302 g/mol. The Morgan fingerprint density at radius 1 is 1.41 bits per heavy atom. The first-order chi connectivity index (χ1) is 10.1. The Balaban J connectivity index is 2.33. The van der Waals surface area contributed by atoms with Crippen LogP contribution in [0, 0.1) is 0 Å². The number of benzene rings is 1. The lowest BCUT2D eigenvalue weighted by Gasteiger charge is -2.40. The van der Waals surface area contributed by atoms with Crippen LogP contribution < -0.4 is 0 Å². The summed E-state index contributed by atoms with van der Waals surface area (Å²) >= 11 is 0. The molecule has 1 amide bonds. The Morgan fingerprint density at radius 3 is 2.68 bits per heavy atom. The molecule has 0 saturated carbocycles. The molecule has 6 nitrogen and oxygen atoms in total. The normalized spacial score (nSPS) is 16.5. The molecule has 1 aliphatic rings. The molecule has 2 rings (SSSR count). The second kappa shape index (κ2) is 5.54. The topological polar surface area (TPSA) is 78.3 Å². The zero-order valence-electron chi connectivity index (χ0n) is 13.8. The van der Waals surface area contributed by atoms with E-state index in [4.69, 9.17) is 10.3 Å². The molecule has 0 aliphatic carbocycles. The number of nitrogens with zero attached hydrogens (tertiary/aromatic N) is 4. The molecule has 0 aromatic heterocycles. The highest BCUT2D eigenvalue weighted by atomic mass is 16.6. The van der Waals surface area contributed by atoms with Crippen LogP contribution in [0.15, 0.2) is 23.3 Å². The fraction of sp³-hybridized carbons (Fsp3) is 0.562. The predicted molar refractivity (Wildman–Crippen MR) is 84.9 cm³/mol. The van der Waals surface area contributed by atoms with Crippen molar-refractivity contribution in [2.24, 2.45) is 5.11 Å². The van der Waals surface area contributed by atoms with Crippen molar-refractivity contribution in [3.8, 4) is 0 Å². The molecule has 1 aliphatic heterocycles. The summed E-state index contributed by atoms with van der Waals surface area (Å²) in [6, 6.07) is 5.63. The van der Waals surface area contributed by atoms with Gasteiger partial charge >= 0.3 is 6.09 Å². The number of hydrogen-bond donors (Lipinski definition) is 0. The van der Waals surface area contributed by atoms with Gasteiger partial charge in [-0.15, -0.1) is 0 Å². The van der Waals surface area contributed by atoms with E-state index in [0.717, 1.165) is 5.56 Å². The van der Waals surface area contributed by atoms with Gasteiger partial charge in [0.25, 0.3) is 0 Å². The summed E-state index contributed by atoms with van der Waals surface area (Å²) in [6.07, 6.45) is -0.319. The van der Waals surface area contributed by atoms with E-state index in [1.165, 1.54) is 5.56 Å². The van der Waals surface area contributed by atoms with E-state index >= 15 is 0 Å². The monoisotopic (exact) mass is 302 g/mol. The van der Waals surface area contributed by atoms with Gasteiger partial charge in [0.15, 0.2) is 0 Å². The summed E-state index contributed by atoms with van der Waals surface area (Å²) in [5, 5.41) is 3.64. The van der Waals surface area contributed by atoms with E-state index in [0.29, 0.717) is 18.8 Å². The van der Waals surface area contributed by atoms with Crippen molar-refractivity contribution in [3.63, 3.8) is 0 Å². The largest absolute Gasteiger partial charge is 0.444 e.